The largest absolute Gasteiger partial charge is 0.103 e. The number of hydrogen-bond donors (Lipinski definition) is 0. The van der Waals surface area contributed by atoms with Gasteiger partial charge in [0.25, 0.3) is 0 Å². The van der Waals surface area contributed by atoms with Crippen molar-refractivity contribution < 1.29 is 0 Å². The second-order valence-corrected chi connectivity index (χ2v) is 3.47. The van der Waals surface area contributed by atoms with Gasteiger partial charge in [-0.25, -0.2) is 0 Å². The molecule has 0 saturated heterocycles. The fourth-order valence-corrected chi connectivity index (χ4v) is 1.23. The van der Waals surface area contributed by atoms with Crippen molar-refractivity contribution in [2.45, 2.75) is 26.2 Å². The Bertz CT molecular complexity index is 294. The maximum atomic E-state index is 3.69. The first-order valence-electron chi connectivity index (χ1n) is 5.74. The Kier molecular flexibility index (Phi) is 9.00. The van der Waals surface area contributed by atoms with E-state index in [2.05, 4.69) is 26.7 Å². The SMILES string of the molecule is C=CCCCC.C=Cc1ccccc1C=C. The van der Waals surface area contributed by atoms with Gasteiger partial charge >= 0.3 is 0 Å². The van der Waals surface area contributed by atoms with Crippen LogP contribution < -0.4 is 0 Å². The first-order valence-corrected chi connectivity index (χ1v) is 5.74. The fourth-order valence-electron chi connectivity index (χ4n) is 1.23. The molecule has 16 heavy (non-hydrogen) atoms. The summed E-state index contributed by atoms with van der Waals surface area (Å²) < 4.78 is 0. The molecule has 0 amide bonds. The van der Waals surface area contributed by atoms with E-state index < -0.39 is 0 Å². The van der Waals surface area contributed by atoms with Gasteiger partial charge in [-0.2, -0.15) is 0 Å². The van der Waals surface area contributed by atoms with Gasteiger partial charge in [-0.1, -0.05) is 75.4 Å². The first-order chi connectivity index (χ1) is 7.79. The lowest BCUT2D eigenvalue weighted by Crippen LogP contribution is -1.76. The highest BCUT2D eigenvalue weighted by atomic mass is 13.9. The molecule has 0 radical (unpaired) electrons. The van der Waals surface area contributed by atoms with Gasteiger partial charge in [-0.05, 0) is 17.5 Å². The summed E-state index contributed by atoms with van der Waals surface area (Å²) in [5.74, 6) is 0. The van der Waals surface area contributed by atoms with Crippen molar-refractivity contribution in [3.63, 3.8) is 0 Å². The van der Waals surface area contributed by atoms with Crippen molar-refractivity contribution in [3.05, 3.63) is 61.2 Å². The van der Waals surface area contributed by atoms with E-state index >= 15 is 0 Å². The molecule has 1 aromatic rings. The fraction of sp³-hybridized carbons (Fsp3) is 0.250. The van der Waals surface area contributed by atoms with Crippen LogP contribution >= 0.6 is 0 Å². The molecule has 1 aromatic carbocycles. The summed E-state index contributed by atoms with van der Waals surface area (Å²) in [6.07, 6.45) is 9.38. The van der Waals surface area contributed by atoms with Gasteiger partial charge in [0.2, 0.25) is 0 Å². The summed E-state index contributed by atoms with van der Waals surface area (Å²) in [4.78, 5) is 0. The quantitative estimate of drug-likeness (QED) is 0.458. The Hall–Kier alpha value is -1.56. The Morgan fingerprint density at radius 3 is 1.75 bits per heavy atom. The summed E-state index contributed by atoms with van der Waals surface area (Å²) in [6, 6.07) is 8.02. The standard InChI is InChI=1S/C10H10.C6H12/c1-3-9-7-5-6-8-10(9)4-2;1-3-5-6-4-2/h3-8H,1-2H2;3H,1,4-6H2,2H3. The highest BCUT2D eigenvalue weighted by molar-refractivity contribution is 5.63. The van der Waals surface area contributed by atoms with Crippen molar-refractivity contribution in [1.29, 1.82) is 0 Å². The lowest BCUT2D eigenvalue weighted by atomic mass is 10.1. The van der Waals surface area contributed by atoms with Gasteiger partial charge in [0.1, 0.15) is 0 Å². The van der Waals surface area contributed by atoms with Crippen LogP contribution in [0.15, 0.2) is 50.1 Å². The second kappa shape index (κ2) is 9.97. The van der Waals surface area contributed by atoms with E-state index in [4.69, 9.17) is 0 Å². The molecule has 1 rings (SSSR count). The Morgan fingerprint density at radius 1 is 1.00 bits per heavy atom. The summed E-state index contributed by atoms with van der Waals surface area (Å²) in [7, 11) is 0. The molecule has 0 atom stereocenters. The minimum atomic E-state index is 1.14. The molecule has 0 bridgehead atoms. The second-order valence-electron chi connectivity index (χ2n) is 3.47. The molecular formula is C16H22. The van der Waals surface area contributed by atoms with Crippen LogP contribution in [0, 0.1) is 0 Å². The molecule has 0 spiro atoms. The molecule has 0 saturated carbocycles. The average Bonchev–Trinajstić information content (AvgIpc) is 2.36. The molecule has 0 nitrogen and oxygen atoms in total. The summed E-state index contributed by atoms with van der Waals surface area (Å²) in [6.45, 7) is 13.2. The third kappa shape index (κ3) is 6.02. The van der Waals surface area contributed by atoms with Crippen LogP contribution in [-0.2, 0) is 0 Å². The van der Waals surface area contributed by atoms with Crippen LogP contribution in [0.2, 0.25) is 0 Å². The van der Waals surface area contributed by atoms with Crippen LogP contribution in [0.1, 0.15) is 37.3 Å². The molecule has 0 aromatic heterocycles. The van der Waals surface area contributed by atoms with E-state index in [-0.39, 0.29) is 0 Å². The maximum absolute atomic E-state index is 3.69. The lowest BCUT2D eigenvalue weighted by molar-refractivity contribution is 0.816. The number of rotatable bonds is 5. The minimum Gasteiger partial charge on any atom is -0.103 e. The van der Waals surface area contributed by atoms with E-state index in [1.54, 1.807) is 0 Å². The highest BCUT2D eigenvalue weighted by Gasteiger charge is 1.89. The third-order valence-electron chi connectivity index (χ3n) is 2.20. The van der Waals surface area contributed by atoms with E-state index in [1.807, 2.05) is 42.5 Å². The monoisotopic (exact) mass is 214 g/mol. The molecule has 0 N–H and O–H groups in total. The Labute approximate surface area is 100 Å². The number of allylic oxidation sites excluding steroid dienone is 1. The molecule has 0 aliphatic carbocycles. The molecule has 0 fully saturated rings. The van der Waals surface area contributed by atoms with Gasteiger partial charge in [-0.15, -0.1) is 6.58 Å². The van der Waals surface area contributed by atoms with Crippen LogP contribution in [0.5, 0.6) is 0 Å². The molecule has 0 aliphatic heterocycles. The van der Waals surface area contributed by atoms with Crippen LogP contribution in [0.25, 0.3) is 12.2 Å². The van der Waals surface area contributed by atoms with Crippen molar-refractivity contribution >= 4 is 12.2 Å². The van der Waals surface area contributed by atoms with Gasteiger partial charge in [0, 0.05) is 0 Å². The molecule has 0 aliphatic rings. The topological polar surface area (TPSA) is 0 Å². The first kappa shape index (κ1) is 14.4. The molecule has 86 valence electrons. The smallest absolute Gasteiger partial charge is 0.0190 e. The third-order valence-corrected chi connectivity index (χ3v) is 2.20. The zero-order valence-electron chi connectivity index (χ0n) is 10.3. The lowest BCUT2D eigenvalue weighted by Gasteiger charge is -1.96. The predicted octanol–water partition coefficient (Wildman–Crippen LogP) is 5.34. The summed E-state index contributed by atoms with van der Waals surface area (Å²) in [5, 5.41) is 0. The number of benzene rings is 1. The normalized spacial score (nSPS) is 8.56. The zero-order valence-corrected chi connectivity index (χ0v) is 10.3. The van der Waals surface area contributed by atoms with Crippen molar-refractivity contribution in [2.24, 2.45) is 0 Å². The van der Waals surface area contributed by atoms with Crippen LogP contribution in [0.3, 0.4) is 0 Å². The van der Waals surface area contributed by atoms with Gasteiger partial charge in [0.15, 0.2) is 0 Å². The average molecular weight is 214 g/mol. The summed E-state index contributed by atoms with van der Waals surface area (Å²) >= 11 is 0. The Morgan fingerprint density at radius 2 is 1.50 bits per heavy atom. The Balaban J connectivity index is 0.000000325. The molecule has 0 heteroatoms. The zero-order chi connectivity index (χ0) is 12.2. The van der Waals surface area contributed by atoms with Crippen LogP contribution in [-0.4, -0.2) is 0 Å². The number of hydrogen-bond acceptors (Lipinski definition) is 0. The minimum absolute atomic E-state index is 1.14. The van der Waals surface area contributed by atoms with E-state index in [1.165, 1.54) is 19.3 Å². The van der Waals surface area contributed by atoms with Gasteiger partial charge in [-0.3, -0.25) is 0 Å². The molecule has 0 unspecified atom stereocenters. The number of unbranched alkanes of at least 4 members (excludes halogenated alkanes) is 2. The van der Waals surface area contributed by atoms with Crippen molar-refractivity contribution in [1.82, 2.24) is 0 Å². The van der Waals surface area contributed by atoms with Crippen molar-refractivity contribution in [2.75, 3.05) is 0 Å². The van der Waals surface area contributed by atoms with Gasteiger partial charge < -0.3 is 0 Å². The van der Waals surface area contributed by atoms with Crippen LogP contribution in [0.4, 0.5) is 0 Å². The maximum Gasteiger partial charge on any atom is -0.0190 e. The molecule has 0 heterocycles. The van der Waals surface area contributed by atoms with E-state index in [0.717, 1.165) is 11.1 Å². The van der Waals surface area contributed by atoms with E-state index in [9.17, 15) is 0 Å². The summed E-state index contributed by atoms with van der Waals surface area (Å²) in [5.41, 5.74) is 2.27. The molecular weight excluding hydrogens is 192 g/mol. The van der Waals surface area contributed by atoms with E-state index in [0.29, 0.717) is 0 Å². The highest BCUT2D eigenvalue weighted by Crippen LogP contribution is 2.10. The van der Waals surface area contributed by atoms with Gasteiger partial charge in [0.05, 0.1) is 0 Å². The predicted molar refractivity (Wildman–Crippen MR) is 76.3 cm³/mol. The van der Waals surface area contributed by atoms with Crippen molar-refractivity contribution in [3.8, 4) is 0 Å².